The van der Waals surface area contributed by atoms with Crippen molar-refractivity contribution in [3.63, 3.8) is 0 Å². The largest absolute Gasteiger partial charge is 0.478 e. The first-order chi connectivity index (χ1) is 8.16. The van der Waals surface area contributed by atoms with Crippen molar-refractivity contribution in [2.24, 2.45) is 5.73 Å². The van der Waals surface area contributed by atoms with E-state index >= 15 is 0 Å². The predicted molar refractivity (Wildman–Crippen MR) is 57.4 cm³/mol. The third kappa shape index (κ3) is 3.02. The van der Waals surface area contributed by atoms with Crippen LogP contribution in [0.4, 0.5) is 13.2 Å². The minimum Gasteiger partial charge on any atom is -0.478 e. The van der Waals surface area contributed by atoms with Crippen LogP contribution >= 0.6 is 0 Å². The van der Waals surface area contributed by atoms with Crippen LogP contribution in [0.25, 0.3) is 0 Å². The number of H-pyrrole nitrogens is 1. The third-order valence-corrected chi connectivity index (χ3v) is 1.93. The summed E-state index contributed by atoms with van der Waals surface area (Å²) in [4.78, 5) is 23.4. The third-order valence-electron chi connectivity index (χ3n) is 1.93. The van der Waals surface area contributed by atoms with Crippen LogP contribution in [0.2, 0.25) is 0 Å². The van der Waals surface area contributed by atoms with Crippen LogP contribution in [0.1, 0.15) is 46.0 Å². The number of aryl methyl sites for hydroxylation is 1. The monoisotopic (exact) mass is 266 g/mol. The Morgan fingerprint density at radius 2 is 1.72 bits per heavy atom. The van der Waals surface area contributed by atoms with E-state index < -0.39 is 34.9 Å². The Morgan fingerprint density at radius 3 is 2.00 bits per heavy atom. The van der Waals surface area contributed by atoms with Gasteiger partial charge in [0.05, 0.1) is 5.56 Å². The van der Waals surface area contributed by atoms with Gasteiger partial charge in [0, 0.05) is 5.69 Å². The first kappa shape index (κ1) is 16.0. The van der Waals surface area contributed by atoms with Crippen molar-refractivity contribution in [3.8, 4) is 0 Å². The Bertz CT molecular complexity index is 464. The highest BCUT2D eigenvalue weighted by Gasteiger charge is 2.42. The van der Waals surface area contributed by atoms with Crippen LogP contribution in [0.15, 0.2) is 0 Å². The topological polar surface area (TPSA) is 96.2 Å². The van der Waals surface area contributed by atoms with Gasteiger partial charge in [-0.3, -0.25) is 4.79 Å². The lowest BCUT2D eigenvalue weighted by molar-refractivity contribution is -0.138. The van der Waals surface area contributed by atoms with E-state index in [1.807, 2.05) is 18.8 Å². The van der Waals surface area contributed by atoms with Crippen LogP contribution in [0, 0.1) is 6.92 Å². The molecular formula is C10H13F3N2O3. The Labute approximate surface area is 101 Å². The van der Waals surface area contributed by atoms with Gasteiger partial charge in [0.2, 0.25) is 0 Å². The molecule has 0 spiro atoms. The Hall–Kier alpha value is -1.99. The molecule has 0 aliphatic heterocycles. The van der Waals surface area contributed by atoms with Crippen molar-refractivity contribution in [1.82, 2.24) is 4.98 Å². The second-order valence-corrected chi connectivity index (χ2v) is 3.04. The van der Waals surface area contributed by atoms with E-state index in [0.717, 1.165) is 6.92 Å². The smallest absolute Gasteiger partial charge is 0.419 e. The second-order valence-electron chi connectivity index (χ2n) is 3.04. The van der Waals surface area contributed by atoms with Gasteiger partial charge in [-0.05, 0) is 6.92 Å². The number of aromatic nitrogens is 1. The van der Waals surface area contributed by atoms with Crippen molar-refractivity contribution < 1.29 is 27.9 Å². The zero-order valence-electron chi connectivity index (χ0n) is 9.97. The lowest BCUT2D eigenvalue weighted by Crippen LogP contribution is -2.20. The fourth-order valence-corrected chi connectivity index (χ4v) is 1.36. The quantitative estimate of drug-likeness (QED) is 0.765. The number of hydrogen-bond donors (Lipinski definition) is 3. The maximum absolute atomic E-state index is 12.6. The predicted octanol–water partition coefficient (Wildman–Crippen LogP) is 2.17. The van der Waals surface area contributed by atoms with Crippen molar-refractivity contribution in [2.75, 3.05) is 0 Å². The van der Waals surface area contributed by atoms with E-state index in [-0.39, 0.29) is 5.69 Å². The number of primary amides is 1. The summed E-state index contributed by atoms with van der Waals surface area (Å²) in [5.74, 6) is -3.13. The molecule has 4 N–H and O–H groups in total. The zero-order valence-corrected chi connectivity index (χ0v) is 9.97. The maximum atomic E-state index is 12.6. The molecule has 1 amide bonds. The number of carbonyl (C=O) groups excluding carboxylic acids is 1. The number of rotatable bonds is 2. The molecule has 1 aromatic rings. The van der Waals surface area contributed by atoms with Crippen LogP contribution in [0.3, 0.4) is 0 Å². The number of carbonyl (C=O) groups is 2. The molecule has 0 fully saturated rings. The van der Waals surface area contributed by atoms with E-state index in [1.54, 1.807) is 0 Å². The molecule has 0 aromatic carbocycles. The van der Waals surface area contributed by atoms with Crippen molar-refractivity contribution >= 4 is 11.9 Å². The Kier molecular flexibility index (Phi) is 4.95. The number of nitrogens with one attached hydrogen (secondary N) is 1. The van der Waals surface area contributed by atoms with Gasteiger partial charge in [-0.25, -0.2) is 4.79 Å². The minimum atomic E-state index is -4.96. The summed E-state index contributed by atoms with van der Waals surface area (Å²) in [7, 11) is 0. The van der Waals surface area contributed by atoms with Gasteiger partial charge in [0.25, 0.3) is 5.91 Å². The van der Waals surface area contributed by atoms with Crippen LogP contribution in [-0.2, 0) is 6.18 Å². The average molecular weight is 266 g/mol. The molecule has 0 radical (unpaired) electrons. The molecule has 0 atom stereocenters. The molecule has 1 heterocycles. The van der Waals surface area contributed by atoms with Crippen LogP contribution in [-0.4, -0.2) is 22.0 Å². The molecule has 18 heavy (non-hydrogen) atoms. The number of alkyl halides is 3. The number of aromatic amines is 1. The molecular weight excluding hydrogens is 253 g/mol. The molecule has 1 aromatic heterocycles. The second kappa shape index (κ2) is 5.56. The summed E-state index contributed by atoms with van der Waals surface area (Å²) in [5, 5.41) is 8.63. The number of hydrogen-bond acceptors (Lipinski definition) is 2. The molecule has 0 unspecified atom stereocenters. The summed E-state index contributed by atoms with van der Waals surface area (Å²) in [5.41, 5.74) is 0.997. The van der Waals surface area contributed by atoms with E-state index in [0.29, 0.717) is 0 Å². The normalized spacial score (nSPS) is 10.6. The molecule has 0 saturated carbocycles. The Balaban J connectivity index is 0.00000137. The molecule has 8 heteroatoms. The number of amides is 1. The number of carboxylic acid groups (broad SMARTS) is 1. The van der Waals surface area contributed by atoms with Crippen LogP contribution < -0.4 is 5.73 Å². The summed E-state index contributed by atoms with van der Waals surface area (Å²) in [6.07, 6.45) is -4.96. The Morgan fingerprint density at radius 1 is 1.28 bits per heavy atom. The van der Waals surface area contributed by atoms with E-state index in [4.69, 9.17) is 10.8 Å². The number of carboxylic acids is 1. The lowest BCUT2D eigenvalue weighted by atomic mass is 10.1. The fourth-order valence-electron chi connectivity index (χ4n) is 1.36. The SMILES string of the molecule is CC.Cc1[nH]c(C(N)=O)c(C(F)(F)F)c1C(=O)O. The lowest BCUT2D eigenvalue weighted by Gasteiger charge is -2.07. The van der Waals surface area contributed by atoms with Gasteiger partial charge < -0.3 is 15.8 Å². The van der Waals surface area contributed by atoms with Gasteiger partial charge in [-0.15, -0.1) is 0 Å². The van der Waals surface area contributed by atoms with E-state index in [9.17, 15) is 22.8 Å². The van der Waals surface area contributed by atoms with Crippen molar-refractivity contribution in [3.05, 3.63) is 22.5 Å². The number of halogens is 3. The summed E-state index contributed by atoms with van der Waals surface area (Å²) < 4.78 is 37.7. The minimum absolute atomic E-state index is 0.270. The van der Waals surface area contributed by atoms with Crippen molar-refractivity contribution in [1.29, 1.82) is 0 Å². The zero-order chi connectivity index (χ0) is 14.7. The maximum Gasteiger partial charge on any atom is 0.419 e. The molecule has 0 saturated heterocycles. The molecule has 0 aliphatic rings. The van der Waals surface area contributed by atoms with Crippen molar-refractivity contribution in [2.45, 2.75) is 26.9 Å². The first-order valence-electron chi connectivity index (χ1n) is 4.99. The van der Waals surface area contributed by atoms with Gasteiger partial charge >= 0.3 is 12.1 Å². The standard InChI is InChI=1S/C8H7F3N2O3.C2H6/c1-2-3(7(15)16)4(8(9,10)11)5(13-2)6(12)14;1-2/h13H,1H3,(H2,12,14)(H,15,16);1-2H3. The summed E-state index contributed by atoms with van der Waals surface area (Å²) in [6, 6.07) is 0. The summed E-state index contributed by atoms with van der Waals surface area (Å²) in [6.45, 7) is 5.12. The number of nitrogens with two attached hydrogens (primary N) is 1. The molecule has 5 nitrogen and oxygen atoms in total. The average Bonchev–Trinajstić information content (AvgIpc) is 2.58. The summed E-state index contributed by atoms with van der Waals surface area (Å²) >= 11 is 0. The van der Waals surface area contributed by atoms with Gasteiger partial charge in [0.15, 0.2) is 0 Å². The van der Waals surface area contributed by atoms with Gasteiger partial charge in [-0.1, -0.05) is 13.8 Å². The molecule has 0 bridgehead atoms. The van der Waals surface area contributed by atoms with Crippen LogP contribution in [0.5, 0.6) is 0 Å². The first-order valence-corrected chi connectivity index (χ1v) is 4.99. The highest BCUT2D eigenvalue weighted by molar-refractivity contribution is 5.99. The highest BCUT2D eigenvalue weighted by Crippen LogP contribution is 2.36. The van der Waals surface area contributed by atoms with E-state index in [1.165, 1.54) is 0 Å². The van der Waals surface area contributed by atoms with Gasteiger partial charge in [0.1, 0.15) is 11.3 Å². The fraction of sp³-hybridized carbons (Fsp3) is 0.400. The van der Waals surface area contributed by atoms with Gasteiger partial charge in [-0.2, -0.15) is 13.2 Å². The van der Waals surface area contributed by atoms with E-state index in [2.05, 4.69) is 0 Å². The molecule has 0 aliphatic carbocycles. The highest BCUT2D eigenvalue weighted by atomic mass is 19.4. The molecule has 102 valence electrons. The molecule has 1 rings (SSSR count). The number of aromatic carboxylic acids is 1.